The number of rotatable bonds is 5. The zero-order valence-corrected chi connectivity index (χ0v) is 21.9. The lowest BCUT2D eigenvalue weighted by Crippen LogP contribution is -2.41. The molecule has 2 aliphatic heterocycles. The summed E-state index contributed by atoms with van der Waals surface area (Å²) >= 11 is 0. The van der Waals surface area contributed by atoms with Crippen LogP contribution in [0.1, 0.15) is 64.0 Å². The van der Waals surface area contributed by atoms with Gasteiger partial charge in [0, 0.05) is 50.6 Å². The SMILES string of the molecule is CC(CN1CCOCC1)c1nnc(-c2cnn3c(C4CCN(C(=O)OC(C)(C)C)CC4)cc(=O)[nH]c23)o1. The number of carbonyl (C=O) groups is 1. The fraction of sp³-hybridized carbons (Fsp3) is 0.640. The van der Waals surface area contributed by atoms with E-state index in [0.717, 1.165) is 38.5 Å². The highest BCUT2D eigenvalue weighted by atomic mass is 16.6. The molecule has 37 heavy (non-hydrogen) atoms. The van der Waals surface area contributed by atoms with Crippen molar-refractivity contribution in [2.45, 2.75) is 58.0 Å². The van der Waals surface area contributed by atoms with Gasteiger partial charge in [0.05, 0.1) is 25.1 Å². The molecule has 1 amide bonds. The second kappa shape index (κ2) is 10.3. The van der Waals surface area contributed by atoms with Gasteiger partial charge < -0.3 is 23.8 Å². The van der Waals surface area contributed by atoms with Crippen LogP contribution in [0.5, 0.6) is 0 Å². The van der Waals surface area contributed by atoms with Crippen LogP contribution in [0.15, 0.2) is 21.5 Å². The molecule has 0 spiro atoms. The summed E-state index contributed by atoms with van der Waals surface area (Å²) in [7, 11) is 0. The number of aromatic nitrogens is 5. The number of morpholine rings is 1. The number of fused-ring (bicyclic) bond motifs is 1. The third-order valence-electron chi connectivity index (χ3n) is 6.83. The molecule has 12 nitrogen and oxygen atoms in total. The molecule has 3 aromatic heterocycles. The topological polar surface area (TPSA) is 131 Å². The first-order valence-electron chi connectivity index (χ1n) is 12.9. The second-order valence-corrected chi connectivity index (χ2v) is 10.9. The Balaban J connectivity index is 1.32. The molecule has 3 aromatic rings. The van der Waals surface area contributed by atoms with Crippen molar-refractivity contribution in [1.82, 2.24) is 34.6 Å². The molecule has 2 aliphatic rings. The number of nitrogens with zero attached hydrogens (tertiary/aromatic N) is 6. The summed E-state index contributed by atoms with van der Waals surface area (Å²) in [6, 6.07) is 1.58. The average Bonchev–Trinajstić information content (AvgIpc) is 3.50. The molecule has 1 atom stereocenters. The van der Waals surface area contributed by atoms with Crippen LogP contribution in [-0.2, 0) is 9.47 Å². The van der Waals surface area contributed by atoms with Crippen LogP contribution in [-0.4, -0.2) is 92.2 Å². The van der Waals surface area contributed by atoms with Crippen molar-refractivity contribution in [3.8, 4) is 11.5 Å². The predicted molar refractivity (Wildman–Crippen MR) is 135 cm³/mol. The van der Waals surface area contributed by atoms with E-state index in [1.807, 2.05) is 20.8 Å². The van der Waals surface area contributed by atoms with Crippen LogP contribution in [0.2, 0.25) is 0 Å². The quantitative estimate of drug-likeness (QED) is 0.547. The first-order valence-corrected chi connectivity index (χ1v) is 12.9. The van der Waals surface area contributed by atoms with Gasteiger partial charge in [0.25, 0.3) is 11.4 Å². The third-order valence-corrected chi connectivity index (χ3v) is 6.83. The first-order chi connectivity index (χ1) is 17.7. The number of aromatic amines is 1. The fourth-order valence-electron chi connectivity index (χ4n) is 4.94. The number of ether oxygens (including phenoxy) is 2. The largest absolute Gasteiger partial charge is 0.444 e. The smallest absolute Gasteiger partial charge is 0.410 e. The van der Waals surface area contributed by atoms with Gasteiger partial charge in [-0.1, -0.05) is 6.92 Å². The Bertz CT molecular complexity index is 1290. The van der Waals surface area contributed by atoms with E-state index in [1.165, 1.54) is 0 Å². The minimum atomic E-state index is -0.535. The molecule has 5 heterocycles. The van der Waals surface area contributed by atoms with Crippen molar-refractivity contribution in [2.24, 2.45) is 0 Å². The van der Waals surface area contributed by atoms with Gasteiger partial charge in [-0.15, -0.1) is 10.2 Å². The number of H-pyrrole nitrogens is 1. The Labute approximate surface area is 214 Å². The number of likely N-dealkylation sites (tertiary alicyclic amines) is 1. The molecule has 200 valence electrons. The summed E-state index contributed by atoms with van der Waals surface area (Å²) in [5, 5.41) is 13.1. The van der Waals surface area contributed by atoms with E-state index < -0.39 is 5.60 Å². The van der Waals surface area contributed by atoms with Crippen LogP contribution in [0.25, 0.3) is 17.1 Å². The number of hydrogen-bond acceptors (Lipinski definition) is 9. The van der Waals surface area contributed by atoms with Gasteiger partial charge in [0.2, 0.25) is 5.89 Å². The highest BCUT2D eigenvalue weighted by Gasteiger charge is 2.30. The Morgan fingerprint density at radius 3 is 2.62 bits per heavy atom. The lowest BCUT2D eigenvalue weighted by molar-refractivity contribution is 0.0203. The lowest BCUT2D eigenvalue weighted by atomic mass is 9.93. The van der Waals surface area contributed by atoms with Crippen LogP contribution < -0.4 is 5.56 Å². The van der Waals surface area contributed by atoms with Crippen LogP contribution in [0.4, 0.5) is 4.79 Å². The molecule has 1 unspecified atom stereocenters. The number of carbonyl (C=O) groups excluding carboxylic acids is 1. The molecule has 0 saturated carbocycles. The van der Waals surface area contributed by atoms with Gasteiger partial charge in [-0.2, -0.15) is 5.10 Å². The summed E-state index contributed by atoms with van der Waals surface area (Å²) in [6.07, 6.45) is 2.75. The number of amides is 1. The number of piperidine rings is 1. The molecule has 2 saturated heterocycles. The predicted octanol–water partition coefficient (Wildman–Crippen LogP) is 2.62. The van der Waals surface area contributed by atoms with Gasteiger partial charge in [-0.3, -0.25) is 9.69 Å². The lowest BCUT2D eigenvalue weighted by Gasteiger charge is -2.33. The minimum Gasteiger partial charge on any atom is -0.444 e. The summed E-state index contributed by atoms with van der Waals surface area (Å²) in [5.74, 6) is 1.01. The van der Waals surface area contributed by atoms with Crippen molar-refractivity contribution in [3.63, 3.8) is 0 Å². The van der Waals surface area contributed by atoms with Gasteiger partial charge >= 0.3 is 6.09 Å². The van der Waals surface area contributed by atoms with E-state index in [9.17, 15) is 9.59 Å². The zero-order chi connectivity index (χ0) is 26.2. The molecule has 0 aromatic carbocycles. The maximum atomic E-state index is 12.6. The van der Waals surface area contributed by atoms with Gasteiger partial charge in [-0.05, 0) is 33.6 Å². The third kappa shape index (κ3) is 5.69. The Morgan fingerprint density at radius 1 is 1.19 bits per heavy atom. The monoisotopic (exact) mass is 513 g/mol. The normalized spacial score (nSPS) is 18.9. The van der Waals surface area contributed by atoms with Gasteiger partial charge in [0.15, 0.2) is 0 Å². The Morgan fingerprint density at radius 2 is 1.92 bits per heavy atom. The molecular weight excluding hydrogens is 478 g/mol. The summed E-state index contributed by atoms with van der Waals surface area (Å²) < 4.78 is 18.7. The first kappa shape index (κ1) is 25.4. The van der Waals surface area contributed by atoms with Crippen molar-refractivity contribution in [2.75, 3.05) is 45.9 Å². The summed E-state index contributed by atoms with van der Waals surface area (Å²) in [6.45, 7) is 12.8. The minimum absolute atomic E-state index is 0.0611. The van der Waals surface area contributed by atoms with E-state index in [2.05, 4.69) is 32.1 Å². The molecule has 2 fully saturated rings. The van der Waals surface area contributed by atoms with Gasteiger partial charge in [0.1, 0.15) is 16.8 Å². The fourth-order valence-corrected chi connectivity index (χ4v) is 4.94. The van der Waals surface area contributed by atoms with Crippen molar-refractivity contribution in [1.29, 1.82) is 0 Å². The molecule has 0 aliphatic carbocycles. The van der Waals surface area contributed by atoms with E-state index in [0.29, 0.717) is 48.9 Å². The molecular formula is C25H35N7O5. The second-order valence-electron chi connectivity index (χ2n) is 10.9. The standard InChI is InChI=1S/C25H35N7O5/c1-16(15-30-9-11-35-12-10-30)22-28-29-23(36-22)18-14-26-32-19(13-20(33)27-21(18)32)17-5-7-31(8-6-17)24(34)37-25(2,3)4/h13-14,16-17H,5-12,15H2,1-4H3,(H,27,33). The van der Waals surface area contributed by atoms with Crippen LogP contribution in [0.3, 0.4) is 0 Å². The molecule has 0 bridgehead atoms. The van der Waals surface area contributed by atoms with Crippen molar-refractivity contribution in [3.05, 3.63) is 34.2 Å². The van der Waals surface area contributed by atoms with Gasteiger partial charge in [-0.25, -0.2) is 9.31 Å². The highest BCUT2D eigenvalue weighted by Crippen LogP contribution is 2.31. The number of nitrogens with one attached hydrogen (secondary N) is 1. The van der Waals surface area contributed by atoms with Crippen molar-refractivity contribution >= 4 is 11.7 Å². The highest BCUT2D eigenvalue weighted by molar-refractivity contribution is 5.71. The maximum absolute atomic E-state index is 12.6. The number of hydrogen-bond donors (Lipinski definition) is 1. The van der Waals surface area contributed by atoms with E-state index in [1.54, 1.807) is 21.7 Å². The molecule has 0 radical (unpaired) electrons. The summed E-state index contributed by atoms with van der Waals surface area (Å²) in [5.41, 5.74) is 1.15. The summed E-state index contributed by atoms with van der Waals surface area (Å²) in [4.78, 5) is 32.0. The van der Waals surface area contributed by atoms with Crippen LogP contribution in [0, 0.1) is 0 Å². The Hall–Kier alpha value is -3.25. The molecule has 1 N–H and O–H groups in total. The maximum Gasteiger partial charge on any atom is 0.410 e. The zero-order valence-electron chi connectivity index (χ0n) is 21.9. The molecule has 5 rings (SSSR count). The molecule has 12 heteroatoms. The van der Waals surface area contributed by atoms with Crippen molar-refractivity contribution < 1.29 is 18.7 Å². The van der Waals surface area contributed by atoms with E-state index in [-0.39, 0.29) is 23.5 Å². The van der Waals surface area contributed by atoms with E-state index >= 15 is 0 Å². The van der Waals surface area contributed by atoms with Crippen LogP contribution >= 0.6 is 0 Å². The van der Waals surface area contributed by atoms with E-state index in [4.69, 9.17) is 13.9 Å². The average molecular weight is 514 g/mol. The Kier molecular flexibility index (Phi) is 7.04.